The monoisotopic (exact) mass is 335 g/mol. The fraction of sp³-hybridized carbons (Fsp3) is 0.200. The summed E-state index contributed by atoms with van der Waals surface area (Å²) >= 11 is 3.34. The van der Waals surface area contributed by atoms with Gasteiger partial charge in [0, 0.05) is 17.3 Å². The van der Waals surface area contributed by atoms with Gasteiger partial charge < -0.3 is 9.30 Å². The fourth-order valence-electron chi connectivity index (χ4n) is 1.87. The Morgan fingerprint density at radius 2 is 2.10 bits per heavy atom. The van der Waals surface area contributed by atoms with Gasteiger partial charge in [-0.25, -0.2) is 0 Å². The van der Waals surface area contributed by atoms with Crippen molar-refractivity contribution < 1.29 is 9.53 Å². The number of ether oxygens (including phenoxy) is 1. The van der Waals surface area contributed by atoms with Crippen LogP contribution in [0.2, 0.25) is 0 Å². The van der Waals surface area contributed by atoms with E-state index in [2.05, 4.69) is 15.9 Å². The summed E-state index contributed by atoms with van der Waals surface area (Å²) in [6.45, 7) is 1.76. The van der Waals surface area contributed by atoms with E-state index < -0.39 is 0 Å². The van der Waals surface area contributed by atoms with Crippen molar-refractivity contribution in [1.82, 2.24) is 4.57 Å². The Balaban J connectivity index is 2.26. The first-order valence-electron chi connectivity index (χ1n) is 6.05. The lowest BCUT2D eigenvalue weighted by Gasteiger charge is -2.08. The lowest BCUT2D eigenvalue weighted by atomic mass is 10.1. The van der Waals surface area contributed by atoms with E-state index in [9.17, 15) is 9.59 Å². The van der Waals surface area contributed by atoms with Gasteiger partial charge in [-0.2, -0.15) is 0 Å². The molecule has 0 saturated carbocycles. The zero-order valence-electron chi connectivity index (χ0n) is 11.2. The molecule has 0 radical (unpaired) electrons. The molecule has 0 aliphatic heterocycles. The van der Waals surface area contributed by atoms with Crippen LogP contribution in [0.25, 0.3) is 0 Å². The van der Waals surface area contributed by atoms with Crippen LogP contribution in [0.15, 0.2) is 45.8 Å². The second-order valence-corrected chi connectivity index (χ2v) is 5.25. The Morgan fingerprint density at radius 1 is 1.35 bits per heavy atom. The highest BCUT2D eigenvalue weighted by Gasteiger charge is 2.10. The standard InChI is InChI=1S/C15H14BrNO3/c1-10-4-3-7-17(15(10)19)9-13(18)11-5-6-14(20-2)12(16)8-11/h3-8H,9H2,1-2H3. The fourth-order valence-corrected chi connectivity index (χ4v) is 2.41. The number of carbonyl (C=O) groups excluding carboxylic acids is 1. The highest BCUT2D eigenvalue weighted by molar-refractivity contribution is 9.10. The van der Waals surface area contributed by atoms with Gasteiger partial charge in [0.15, 0.2) is 5.78 Å². The molecule has 2 rings (SSSR count). The van der Waals surface area contributed by atoms with Crippen LogP contribution >= 0.6 is 15.9 Å². The summed E-state index contributed by atoms with van der Waals surface area (Å²) in [4.78, 5) is 24.1. The van der Waals surface area contributed by atoms with Gasteiger partial charge in [0.2, 0.25) is 0 Å². The normalized spacial score (nSPS) is 10.3. The Morgan fingerprint density at radius 3 is 2.75 bits per heavy atom. The minimum absolute atomic E-state index is 0.0271. The molecule has 2 aromatic rings. The third-order valence-corrected chi connectivity index (χ3v) is 3.62. The van der Waals surface area contributed by atoms with Crippen molar-refractivity contribution in [2.24, 2.45) is 0 Å². The Hall–Kier alpha value is -1.88. The van der Waals surface area contributed by atoms with Crippen LogP contribution in [0.3, 0.4) is 0 Å². The molecule has 1 aromatic carbocycles. The predicted molar refractivity (Wildman–Crippen MR) is 80.5 cm³/mol. The third-order valence-electron chi connectivity index (χ3n) is 3.00. The minimum Gasteiger partial charge on any atom is -0.496 e. The molecule has 5 heteroatoms. The van der Waals surface area contributed by atoms with Gasteiger partial charge >= 0.3 is 0 Å². The number of aromatic nitrogens is 1. The summed E-state index contributed by atoms with van der Waals surface area (Å²) in [5.41, 5.74) is 1.01. The number of ketones is 1. The maximum atomic E-state index is 12.2. The lowest BCUT2D eigenvalue weighted by molar-refractivity contribution is 0.0970. The number of benzene rings is 1. The van der Waals surface area contributed by atoms with Gasteiger partial charge in [0.1, 0.15) is 5.75 Å². The Kier molecular flexibility index (Phi) is 4.39. The summed E-state index contributed by atoms with van der Waals surface area (Å²) < 4.78 is 7.24. The molecule has 0 N–H and O–H groups in total. The minimum atomic E-state index is -0.145. The average Bonchev–Trinajstić information content (AvgIpc) is 2.43. The SMILES string of the molecule is COc1ccc(C(=O)Cn2cccc(C)c2=O)cc1Br. The second-order valence-electron chi connectivity index (χ2n) is 4.40. The molecular weight excluding hydrogens is 322 g/mol. The molecule has 0 fully saturated rings. The van der Waals surface area contributed by atoms with E-state index in [1.807, 2.05) is 0 Å². The van der Waals surface area contributed by atoms with Gasteiger partial charge in [-0.3, -0.25) is 9.59 Å². The number of hydrogen-bond acceptors (Lipinski definition) is 3. The topological polar surface area (TPSA) is 48.3 Å². The van der Waals surface area contributed by atoms with Crippen LogP contribution in [-0.4, -0.2) is 17.5 Å². The zero-order chi connectivity index (χ0) is 14.7. The molecule has 4 nitrogen and oxygen atoms in total. The van der Waals surface area contributed by atoms with Crippen molar-refractivity contribution in [1.29, 1.82) is 0 Å². The largest absolute Gasteiger partial charge is 0.496 e. The van der Waals surface area contributed by atoms with Crippen LogP contribution in [0.4, 0.5) is 0 Å². The second kappa shape index (κ2) is 6.05. The maximum absolute atomic E-state index is 12.2. The van der Waals surface area contributed by atoms with Crippen molar-refractivity contribution in [2.45, 2.75) is 13.5 Å². The highest BCUT2D eigenvalue weighted by atomic mass is 79.9. The van der Waals surface area contributed by atoms with Crippen LogP contribution in [-0.2, 0) is 6.54 Å². The predicted octanol–water partition coefficient (Wildman–Crippen LogP) is 2.81. The van der Waals surface area contributed by atoms with E-state index in [-0.39, 0.29) is 17.9 Å². The molecule has 0 saturated heterocycles. The number of nitrogens with zero attached hydrogens (tertiary/aromatic N) is 1. The quantitative estimate of drug-likeness (QED) is 0.807. The van der Waals surface area contributed by atoms with Crippen molar-refractivity contribution in [2.75, 3.05) is 7.11 Å². The molecule has 0 unspecified atom stereocenters. The van der Waals surface area contributed by atoms with Gasteiger partial charge in [-0.15, -0.1) is 0 Å². The first kappa shape index (κ1) is 14.5. The Bertz CT molecular complexity index is 707. The van der Waals surface area contributed by atoms with Crippen molar-refractivity contribution >= 4 is 21.7 Å². The van der Waals surface area contributed by atoms with Gasteiger partial charge in [-0.1, -0.05) is 6.07 Å². The summed E-state index contributed by atoms with van der Waals surface area (Å²) in [5.74, 6) is 0.537. The summed E-state index contributed by atoms with van der Waals surface area (Å²) in [5, 5.41) is 0. The van der Waals surface area contributed by atoms with Crippen LogP contribution < -0.4 is 10.3 Å². The lowest BCUT2D eigenvalue weighted by Crippen LogP contribution is -2.25. The van der Waals surface area contributed by atoms with E-state index in [4.69, 9.17) is 4.74 Å². The molecule has 104 valence electrons. The first-order chi connectivity index (χ1) is 9.52. The molecular formula is C15H14BrNO3. The molecule has 0 aliphatic carbocycles. The molecule has 20 heavy (non-hydrogen) atoms. The smallest absolute Gasteiger partial charge is 0.253 e. The number of pyridine rings is 1. The van der Waals surface area contributed by atoms with E-state index in [0.29, 0.717) is 21.3 Å². The summed E-state index contributed by atoms with van der Waals surface area (Å²) in [6.07, 6.45) is 1.62. The molecule has 0 bridgehead atoms. The van der Waals surface area contributed by atoms with E-state index in [1.54, 1.807) is 50.6 Å². The summed E-state index contributed by atoms with van der Waals surface area (Å²) in [7, 11) is 1.56. The average molecular weight is 336 g/mol. The van der Waals surface area contributed by atoms with Crippen molar-refractivity contribution in [3.05, 3.63) is 62.5 Å². The molecule has 0 atom stereocenters. The number of carbonyl (C=O) groups is 1. The number of methoxy groups -OCH3 is 1. The maximum Gasteiger partial charge on any atom is 0.253 e. The molecule has 0 amide bonds. The zero-order valence-corrected chi connectivity index (χ0v) is 12.8. The van der Waals surface area contributed by atoms with Crippen LogP contribution in [0, 0.1) is 6.92 Å². The molecule has 0 aliphatic rings. The number of rotatable bonds is 4. The summed E-state index contributed by atoms with van der Waals surface area (Å²) in [6, 6.07) is 8.59. The number of hydrogen-bond donors (Lipinski definition) is 0. The first-order valence-corrected chi connectivity index (χ1v) is 6.85. The third kappa shape index (κ3) is 2.99. The van der Waals surface area contributed by atoms with Crippen LogP contribution in [0.5, 0.6) is 5.75 Å². The number of Topliss-reactive ketones (excluding diaryl/α,β-unsaturated/α-hetero) is 1. The van der Waals surface area contributed by atoms with E-state index in [0.717, 1.165) is 0 Å². The van der Waals surface area contributed by atoms with Gasteiger partial charge in [-0.05, 0) is 47.1 Å². The number of aryl methyl sites for hydroxylation is 1. The van der Waals surface area contributed by atoms with Crippen molar-refractivity contribution in [3.8, 4) is 5.75 Å². The van der Waals surface area contributed by atoms with Gasteiger partial charge in [0.25, 0.3) is 5.56 Å². The number of halogens is 1. The van der Waals surface area contributed by atoms with Gasteiger partial charge in [0.05, 0.1) is 18.1 Å². The van der Waals surface area contributed by atoms with E-state index >= 15 is 0 Å². The Labute approximate surface area is 125 Å². The highest BCUT2D eigenvalue weighted by Crippen LogP contribution is 2.25. The molecule has 0 spiro atoms. The van der Waals surface area contributed by atoms with Crippen LogP contribution in [0.1, 0.15) is 15.9 Å². The van der Waals surface area contributed by atoms with E-state index in [1.165, 1.54) is 4.57 Å². The van der Waals surface area contributed by atoms with Crippen molar-refractivity contribution in [3.63, 3.8) is 0 Å². The molecule has 1 heterocycles. The molecule has 1 aromatic heterocycles.